The van der Waals surface area contributed by atoms with Crippen molar-refractivity contribution in [3.63, 3.8) is 0 Å². The van der Waals surface area contributed by atoms with Crippen LogP contribution in [0.25, 0.3) is 0 Å². The number of guanidine groups is 1. The highest BCUT2D eigenvalue weighted by Crippen LogP contribution is 2.40. The first-order valence-corrected chi connectivity index (χ1v) is 12.4. The van der Waals surface area contributed by atoms with Crippen LogP contribution in [-0.2, 0) is 0 Å². The number of hydrogen-bond acceptors (Lipinski definition) is 4. The summed E-state index contributed by atoms with van der Waals surface area (Å²) in [4.78, 5) is 17.3. The molecule has 2 fully saturated rings. The predicted molar refractivity (Wildman–Crippen MR) is 132 cm³/mol. The number of fused-ring (bicyclic) bond motifs is 1. The number of nitrogens with one attached hydrogen (secondary N) is 2. The molecule has 2 aromatic carbocycles. The zero-order chi connectivity index (χ0) is 25.5. The third-order valence-electron chi connectivity index (χ3n) is 6.81. The van der Waals surface area contributed by atoms with Crippen molar-refractivity contribution in [2.24, 2.45) is 16.3 Å². The van der Waals surface area contributed by atoms with Crippen LogP contribution < -0.4 is 15.4 Å². The molecule has 5 rings (SSSR count). The summed E-state index contributed by atoms with van der Waals surface area (Å²) < 4.78 is 43.5. The minimum atomic E-state index is -4.74. The quantitative estimate of drug-likeness (QED) is 0.460. The van der Waals surface area contributed by atoms with Crippen LogP contribution in [0.4, 0.5) is 30.2 Å². The summed E-state index contributed by atoms with van der Waals surface area (Å²) in [7, 11) is 0. The molecule has 1 aliphatic heterocycles. The van der Waals surface area contributed by atoms with E-state index in [1.165, 1.54) is 30.7 Å². The molecular weight excluding hydrogens is 469 g/mol. The van der Waals surface area contributed by atoms with Crippen molar-refractivity contribution in [3.8, 4) is 5.75 Å². The minimum absolute atomic E-state index is 0.110. The standard InChI is InChI=1S/C27H29F3N4O2/c1-26(2)13-3-4-17(15-26)16-34-23-12-5-18(24(35)31-19-6-7-19)14-22(23)33-25(34)32-20-8-10-21(11-9-20)36-27(28,29)30/h5,8-12,14,16-17,19H,3-4,6-7,13,15H2,1-2H3,(H-,31,32,33,35)/p+1. The molecule has 2 saturated carbocycles. The van der Waals surface area contributed by atoms with Gasteiger partial charge in [0.2, 0.25) is 0 Å². The molecular formula is C27H30F3N4O2+. The van der Waals surface area contributed by atoms with E-state index in [1.807, 2.05) is 16.7 Å². The van der Waals surface area contributed by atoms with Gasteiger partial charge in [-0.3, -0.25) is 4.79 Å². The van der Waals surface area contributed by atoms with Crippen molar-refractivity contribution in [1.29, 1.82) is 0 Å². The van der Waals surface area contributed by atoms with Crippen LogP contribution in [-0.4, -0.2) is 35.1 Å². The van der Waals surface area contributed by atoms with Crippen molar-refractivity contribution in [2.45, 2.75) is 64.8 Å². The summed E-state index contributed by atoms with van der Waals surface area (Å²) in [6, 6.07) is 11.3. The average Bonchev–Trinajstić information content (AvgIpc) is 3.55. The van der Waals surface area contributed by atoms with E-state index < -0.39 is 6.36 Å². The highest BCUT2D eigenvalue weighted by atomic mass is 19.4. The number of aliphatic imine (C=N–C) groups is 1. The maximum Gasteiger partial charge on any atom is 0.573 e. The number of halogens is 3. The molecule has 2 aliphatic carbocycles. The van der Waals surface area contributed by atoms with Crippen molar-refractivity contribution in [2.75, 3.05) is 5.32 Å². The highest BCUT2D eigenvalue weighted by molar-refractivity contribution is 6.00. The minimum Gasteiger partial charge on any atom is -0.406 e. The fraction of sp³-hybridized carbons (Fsp3) is 0.444. The number of carbonyl (C=O) groups is 1. The van der Waals surface area contributed by atoms with Gasteiger partial charge in [-0.15, -0.1) is 13.2 Å². The predicted octanol–water partition coefficient (Wildman–Crippen LogP) is 6.52. The van der Waals surface area contributed by atoms with Gasteiger partial charge in [-0.2, -0.15) is 0 Å². The molecule has 2 aromatic rings. The maximum atomic E-state index is 12.6. The number of hydrogen-bond donors (Lipinski definition) is 2. The Morgan fingerprint density at radius 1 is 1.14 bits per heavy atom. The van der Waals surface area contributed by atoms with Gasteiger partial charge in [0.1, 0.15) is 11.4 Å². The Hall–Kier alpha value is -3.36. The molecule has 9 heteroatoms. The topological polar surface area (TPSA) is 65.7 Å². The number of carbonyl (C=O) groups excluding carboxylic acids is 1. The molecule has 1 amide bonds. The lowest BCUT2D eigenvalue weighted by Crippen LogP contribution is -2.29. The van der Waals surface area contributed by atoms with Crippen LogP contribution in [0.2, 0.25) is 0 Å². The molecule has 2 N–H and O–H groups in total. The normalized spacial score (nSPS) is 22.1. The van der Waals surface area contributed by atoms with Crippen LogP contribution in [0.1, 0.15) is 62.7 Å². The lowest BCUT2D eigenvalue weighted by molar-refractivity contribution is -0.298. The van der Waals surface area contributed by atoms with Gasteiger partial charge in [0.15, 0.2) is 5.69 Å². The van der Waals surface area contributed by atoms with Crippen molar-refractivity contribution >= 4 is 35.1 Å². The van der Waals surface area contributed by atoms with E-state index in [4.69, 9.17) is 4.99 Å². The van der Waals surface area contributed by atoms with Gasteiger partial charge in [0.05, 0.1) is 11.9 Å². The molecule has 1 atom stereocenters. The van der Waals surface area contributed by atoms with Crippen LogP contribution >= 0.6 is 0 Å². The lowest BCUT2D eigenvalue weighted by Gasteiger charge is -2.33. The van der Waals surface area contributed by atoms with E-state index in [2.05, 4.69) is 35.4 Å². The third kappa shape index (κ3) is 5.88. The maximum absolute atomic E-state index is 12.6. The zero-order valence-electron chi connectivity index (χ0n) is 20.4. The Morgan fingerprint density at radius 2 is 1.89 bits per heavy atom. The van der Waals surface area contributed by atoms with Gasteiger partial charge < -0.3 is 10.1 Å². The Bertz CT molecular complexity index is 1210. The first kappa shape index (κ1) is 24.3. The Morgan fingerprint density at radius 3 is 2.56 bits per heavy atom. The summed E-state index contributed by atoms with van der Waals surface area (Å²) in [5.74, 6) is 0.496. The van der Waals surface area contributed by atoms with Gasteiger partial charge in [-0.05, 0) is 80.0 Å². The van der Waals surface area contributed by atoms with Gasteiger partial charge >= 0.3 is 12.3 Å². The molecule has 0 aromatic heterocycles. The van der Waals surface area contributed by atoms with Crippen molar-refractivity contribution in [1.82, 2.24) is 5.32 Å². The SMILES string of the molecule is CC1(C)CCCC(C=[N+]2C(Nc3ccc(OC(F)(F)F)cc3)=Nc3cc(C(=O)NC4CC4)ccc32)C1. The number of ether oxygens (including phenoxy) is 1. The van der Waals surface area contributed by atoms with Gasteiger partial charge in [-0.1, -0.05) is 25.3 Å². The summed E-state index contributed by atoms with van der Waals surface area (Å²) in [6.07, 6.45) is 3.94. The van der Waals surface area contributed by atoms with E-state index in [0.29, 0.717) is 28.8 Å². The van der Waals surface area contributed by atoms with Gasteiger partial charge in [0.25, 0.3) is 5.91 Å². The van der Waals surface area contributed by atoms with E-state index >= 15 is 0 Å². The van der Waals surface area contributed by atoms with E-state index in [1.54, 1.807) is 6.07 Å². The lowest BCUT2D eigenvalue weighted by atomic mass is 9.72. The van der Waals surface area contributed by atoms with E-state index in [9.17, 15) is 18.0 Å². The number of anilines is 1. The fourth-order valence-electron chi connectivity index (χ4n) is 4.94. The van der Waals surface area contributed by atoms with Crippen LogP contribution in [0.3, 0.4) is 0 Å². The molecule has 6 nitrogen and oxygen atoms in total. The van der Waals surface area contributed by atoms with Gasteiger partial charge in [0, 0.05) is 17.5 Å². The molecule has 1 heterocycles. The Balaban J connectivity index is 1.43. The second-order valence-electron chi connectivity index (χ2n) is 10.6. The Labute approximate surface area is 208 Å². The summed E-state index contributed by atoms with van der Waals surface area (Å²) in [6.45, 7) is 4.57. The molecule has 0 radical (unpaired) electrons. The van der Waals surface area contributed by atoms with Crippen molar-refractivity contribution < 1.29 is 27.3 Å². The summed E-state index contributed by atoms with van der Waals surface area (Å²) >= 11 is 0. The van der Waals surface area contributed by atoms with E-state index in [-0.39, 0.29) is 23.1 Å². The first-order valence-electron chi connectivity index (χ1n) is 12.4. The second-order valence-corrected chi connectivity index (χ2v) is 10.6. The fourth-order valence-corrected chi connectivity index (χ4v) is 4.94. The molecule has 0 spiro atoms. The number of benzene rings is 2. The second kappa shape index (κ2) is 9.26. The van der Waals surface area contributed by atoms with E-state index in [0.717, 1.165) is 37.8 Å². The highest BCUT2D eigenvalue weighted by Gasteiger charge is 2.34. The molecule has 3 aliphatic rings. The number of nitrogens with zero attached hydrogens (tertiary/aromatic N) is 2. The Kier molecular flexibility index (Phi) is 6.26. The number of rotatable bonds is 5. The molecule has 1 unspecified atom stereocenters. The molecule has 36 heavy (non-hydrogen) atoms. The number of amides is 1. The number of alkyl halides is 3. The zero-order valence-corrected chi connectivity index (χ0v) is 20.4. The van der Waals surface area contributed by atoms with Crippen molar-refractivity contribution in [3.05, 3.63) is 48.0 Å². The van der Waals surface area contributed by atoms with Crippen LogP contribution in [0.15, 0.2) is 47.5 Å². The summed E-state index contributed by atoms with van der Waals surface area (Å²) in [5.41, 5.74) is 2.92. The monoisotopic (exact) mass is 499 g/mol. The van der Waals surface area contributed by atoms with Crippen LogP contribution in [0.5, 0.6) is 5.75 Å². The van der Waals surface area contributed by atoms with Crippen LogP contribution in [0, 0.1) is 11.3 Å². The van der Waals surface area contributed by atoms with Gasteiger partial charge in [-0.25, -0.2) is 9.89 Å². The third-order valence-corrected chi connectivity index (χ3v) is 6.81. The molecule has 190 valence electrons. The smallest absolute Gasteiger partial charge is 0.406 e. The molecule has 0 bridgehead atoms. The average molecular weight is 500 g/mol. The first-order chi connectivity index (χ1) is 17.0. The largest absolute Gasteiger partial charge is 0.573 e. The summed E-state index contributed by atoms with van der Waals surface area (Å²) in [5, 5.41) is 6.24. The molecule has 0 saturated heterocycles.